The number of imidazole rings is 1. The van der Waals surface area contributed by atoms with Crippen LogP contribution in [0.4, 0.5) is 5.82 Å². The van der Waals surface area contributed by atoms with Gasteiger partial charge in [0.25, 0.3) is 0 Å². The third-order valence-electron chi connectivity index (χ3n) is 19.8. The maximum atomic E-state index is 14.8. The molecule has 2 saturated heterocycles. The third-order valence-corrected chi connectivity index (χ3v) is 25.6. The van der Waals surface area contributed by atoms with E-state index in [1.807, 2.05) is 19.9 Å². The zero-order valence-corrected chi connectivity index (χ0v) is 71.5. The van der Waals surface area contributed by atoms with Crippen molar-refractivity contribution in [1.29, 1.82) is 0 Å². The molecule has 4 heterocycles. The molecule has 41 nitrogen and oxygen atoms in total. The summed E-state index contributed by atoms with van der Waals surface area (Å²) < 4.78 is 73.7. The lowest BCUT2D eigenvalue weighted by Gasteiger charge is -2.41. The van der Waals surface area contributed by atoms with Crippen LogP contribution in [0.1, 0.15) is 132 Å². The lowest BCUT2D eigenvalue weighted by molar-refractivity contribution is -0.149. The lowest BCUT2D eigenvalue weighted by Crippen LogP contribution is -2.60. The van der Waals surface area contributed by atoms with Gasteiger partial charge < -0.3 is 101 Å². The summed E-state index contributed by atoms with van der Waals surface area (Å²) in [6, 6.07) is 4.49. The van der Waals surface area contributed by atoms with Crippen LogP contribution in [-0.2, 0) is 100 Å². The number of likely N-dealkylation sites (tertiary alicyclic amines) is 1. The molecule has 17 atom stereocenters. The van der Waals surface area contributed by atoms with Crippen molar-refractivity contribution in [2.75, 3.05) is 84.9 Å². The van der Waals surface area contributed by atoms with Crippen LogP contribution in [0.2, 0.25) is 0 Å². The Morgan fingerprint density at radius 1 is 0.776 bits per heavy atom. The Morgan fingerprint density at radius 2 is 1.44 bits per heavy atom. The van der Waals surface area contributed by atoms with Crippen molar-refractivity contribution >= 4 is 123 Å². The number of nitrogens with two attached hydrogens (primary N) is 1. The number of nitrogens with one attached hydrogen (secondary N) is 5. The van der Waals surface area contributed by atoms with E-state index < -0.39 is 179 Å². The van der Waals surface area contributed by atoms with Crippen molar-refractivity contribution < 1.29 is 134 Å². The third kappa shape index (κ3) is 29.8. The van der Waals surface area contributed by atoms with Crippen LogP contribution in [0.15, 0.2) is 43.0 Å². The molecule has 0 saturated carbocycles. The van der Waals surface area contributed by atoms with Crippen LogP contribution in [-0.4, -0.2) is 284 Å². The number of fused-ring (bicyclic) bond motifs is 1. The molecule has 2 fully saturated rings. The van der Waals surface area contributed by atoms with Crippen LogP contribution < -0.4 is 32.3 Å². The number of rotatable bonds is 51. The molecule has 0 aliphatic carbocycles. The van der Waals surface area contributed by atoms with Gasteiger partial charge in [0, 0.05) is 84.9 Å². The number of phosphoric ester groups is 3. The minimum absolute atomic E-state index is 0.00315. The number of nitrogens with zero attached hydrogens (tertiary/aromatic N) is 7. The van der Waals surface area contributed by atoms with Gasteiger partial charge in [-0.15, -0.1) is 23.5 Å². The van der Waals surface area contributed by atoms with Crippen LogP contribution >= 0.6 is 47.0 Å². The molecule has 8 amide bonds. The largest absolute Gasteiger partial charge is 0.481 e. The van der Waals surface area contributed by atoms with Crippen LogP contribution in [0.3, 0.4) is 0 Å². The van der Waals surface area contributed by atoms with Crippen LogP contribution in [0.5, 0.6) is 0 Å². The number of carboxylic acids is 2. The smallest absolute Gasteiger partial charge is 0.480 e. The number of anilines is 1. The molecule has 0 radical (unpaired) electrons. The Labute approximate surface area is 681 Å². The fourth-order valence-corrected chi connectivity index (χ4v) is 18.2. The number of hydrogen-bond donors (Lipinski definition) is 14. The number of ether oxygens (including phenoxy) is 3. The number of phosphoric acid groups is 3. The Kier molecular flexibility index (Phi) is 39.6. The van der Waals surface area contributed by atoms with Crippen molar-refractivity contribution in [2.45, 2.75) is 204 Å². The predicted molar refractivity (Wildman–Crippen MR) is 421 cm³/mol. The highest BCUT2D eigenvalue weighted by Gasteiger charge is 2.51. The number of unbranched alkanes of at least 4 members (excludes halogenated alkanes) is 2. The molecule has 0 spiro atoms. The summed E-state index contributed by atoms with van der Waals surface area (Å²) in [5.74, 6) is -8.75. The highest BCUT2D eigenvalue weighted by molar-refractivity contribution is 8.18. The molecule has 2 aliphatic heterocycles. The summed E-state index contributed by atoms with van der Waals surface area (Å²) >= 11 is 1.78. The highest BCUT2D eigenvalue weighted by Crippen LogP contribution is 2.61. The molecule has 116 heavy (non-hydrogen) atoms. The van der Waals surface area contributed by atoms with Crippen molar-refractivity contribution in [3.05, 3.63) is 48.5 Å². The van der Waals surface area contributed by atoms with E-state index in [1.165, 1.54) is 44.9 Å². The number of amides is 8. The predicted octanol–water partition coefficient (Wildman–Crippen LogP) is 2.31. The first-order chi connectivity index (χ1) is 54.3. The highest BCUT2D eigenvalue weighted by atomic mass is 32.2. The van der Waals surface area contributed by atoms with Gasteiger partial charge in [0.2, 0.25) is 47.3 Å². The average Bonchev–Trinajstić information content (AvgIpc) is 1.61. The number of benzene rings is 1. The van der Waals surface area contributed by atoms with Crippen molar-refractivity contribution in [3.8, 4) is 0 Å². The minimum atomic E-state index is -5.67. The maximum Gasteiger partial charge on any atom is 0.481 e. The van der Waals surface area contributed by atoms with Gasteiger partial charge in [-0.1, -0.05) is 105 Å². The molecule has 5 rings (SSSR count). The molecule has 3 aromatic rings. The van der Waals surface area contributed by atoms with E-state index in [-0.39, 0.29) is 97.5 Å². The number of likely N-dealkylation sites (N-methyl/N-ethyl adjacent to an activating group) is 2. The number of aliphatic hydroxyl groups excluding tert-OH is 2. The van der Waals surface area contributed by atoms with Gasteiger partial charge in [-0.3, -0.25) is 61.3 Å². The molecule has 654 valence electrons. The number of methoxy groups -OCH3 is 2. The molecule has 3 unspecified atom stereocenters. The van der Waals surface area contributed by atoms with E-state index >= 15 is 0 Å². The number of nitrogen functional groups attached to an aromatic ring is 1. The van der Waals surface area contributed by atoms with E-state index in [9.17, 15) is 102 Å². The molecule has 1 aromatic carbocycles. The van der Waals surface area contributed by atoms with Crippen molar-refractivity contribution in [1.82, 2.24) is 60.8 Å². The Bertz CT molecular complexity index is 3950. The summed E-state index contributed by atoms with van der Waals surface area (Å²) in [5, 5.41) is 54.9. The number of carboxylic acid groups (broad SMARTS) is 2. The number of hydrogen-bond acceptors (Lipinski definition) is 28. The Morgan fingerprint density at radius 3 is 2.05 bits per heavy atom. The summed E-state index contributed by atoms with van der Waals surface area (Å²) in [6.07, 6.45) is -5.97. The monoisotopic (exact) mass is 1740 g/mol. The Balaban J connectivity index is 0.991. The molecule has 46 heteroatoms. The second-order valence-corrected chi connectivity index (χ2v) is 36.5. The number of aliphatic carboxylic acids is 2. The molecule has 15 N–H and O–H groups in total. The van der Waals surface area contributed by atoms with Gasteiger partial charge in [-0.2, -0.15) is 4.31 Å². The summed E-state index contributed by atoms with van der Waals surface area (Å²) in [4.78, 5) is 190. The quantitative estimate of drug-likeness (QED) is 0.0219. The molecule has 2 aliphatic rings. The first kappa shape index (κ1) is 99.7. The maximum absolute atomic E-state index is 14.8. The van der Waals surface area contributed by atoms with Gasteiger partial charge >= 0.3 is 35.4 Å². The zero-order chi connectivity index (χ0) is 86.9. The topological polar surface area (TPSA) is 588 Å². The number of thioether (sulfide) groups is 2. The van der Waals surface area contributed by atoms with Crippen LogP contribution in [0, 0.1) is 29.1 Å². The number of carbonyl (C=O) groups excluding carboxylic acids is 8. The molecular formula is C70H114N13O28P3S2. The first-order valence-electron chi connectivity index (χ1n) is 37.7. The number of carbonyl (C=O) groups is 10. The van der Waals surface area contributed by atoms with Gasteiger partial charge in [-0.25, -0.2) is 33.4 Å². The Hall–Kier alpha value is -6.86. The van der Waals surface area contributed by atoms with E-state index in [0.717, 1.165) is 46.3 Å². The first-order valence-corrected chi connectivity index (χ1v) is 44.3. The van der Waals surface area contributed by atoms with Gasteiger partial charge in [-0.05, 0) is 49.0 Å². The van der Waals surface area contributed by atoms with Gasteiger partial charge in [0.15, 0.2) is 17.7 Å². The average molecular weight is 1740 g/mol. The second kappa shape index (κ2) is 46.1. The second-order valence-electron chi connectivity index (χ2n) is 29.7. The fourth-order valence-electron chi connectivity index (χ4n) is 13.4. The summed E-state index contributed by atoms with van der Waals surface area (Å²) in [6.45, 7) is 13.1. The fraction of sp³-hybridized carbons (Fsp3) is 0.700. The molecule has 2 aromatic heterocycles. The minimum Gasteiger partial charge on any atom is -0.480 e. The van der Waals surface area contributed by atoms with Crippen LogP contribution in [0.25, 0.3) is 11.2 Å². The zero-order valence-electron chi connectivity index (χ0n) is 67.2. The standard InChI is InChI=1S/C70H114N13O28P3S2/c1-14-41(6)55(46(105-12)33-51(87)82-30-21-24-45(82)57(106-13)42(7)62(90)78-44(67(94)95)32-43-22-17-15-18-23-43)81(11)65(93)52(39(2)3)79-63(91)54(40(4)5)80(10)50(86)25-19-16-20-27-72-49(85)35-116-69(68(96)97)115-31-29-73-48(84)26-28-74-64(92)59(89)70(8,9)36-108-114(103,104)111-113(101,102)107-34-47-58(110-112(98,99)100)56(88)66(109-47)83-38-77-53-60(71)75-37-76-61(53)83/h15,17-18,22-23,37-42,44-47,52,54-59,66,69,88-89H,14,16,19-21,24-36H2,1-13H3,(H,72,85)(H,73,84)(H,74,92)(H,78,90)(H,79,91)(H,94,95)(H,96,97)(H,101,102)(H,103,104)(H2,71,75,76)(H2,98,99,100)/t41-,42+,44-,45-,46+,47-,52-,54-,55-,56-,57+,58-,59-,66-,69?/m0/s1. The van der Waals surface area contributed by atoms with Crippen molar-refractivity contribution in [2.24, 2.45) is 29.1 Å². The lowest BCUT2D eigenvalue weighted by atomic mass is 9.87. The van der Waals surface area contributed by atoms with Gasteiger partial charge in [0.05, 0.1) is 61.9 Å². The molecule has 0 bridgehead atoms. The SMILES string of the molecule is CC[C@H](C)[C@@H]([C@@H](CC(=O)N1CCC[C@H]1[C@H](OC)[C@@H](C)C(=O)N[C@@H](Cc1ccccc1)C(=O)O)OC)N(C)C(=O)[C@@H](NC(=O)[C@H](C(C)C)N(C)C(=O)CCCCCNC(=O)CSC(SCCNC(=O)CCNC(=O)[C@H](O)C(C)(C)COP(=O)(O)OP(=O)(O)OC[C@@H]1O[C@H](n2cnc3c(N)ncnc32)[C@@H](O)[C@H]1OP(=O)(O)O)C(=O)O)C(C)C. The normalized spacial score (nSPS) is 20.2. The summed E-state index contributed by atoms with van der Waals surface area (Å²) in [7, 11) is -10.6. The number of aliphatic hydroxyl groups is 2. The van der Waals surface area contributed by atoms with E-state index in [1.54, 1.807) is 70.8 Å². The number of aromatic nitrogens is 4. The van der Waals surface area contributed by atoms with E-state index in [4.69, 9.17) is 29.0 Å². The summed E-state index contributed by atoms with van der Waals surface area (Å²) in [5.41, 5.74) is 4.86. The van der Waals surface area contributed by atoms with Crippen molar-refractivity contribution in [3.63, 3.8) is 0 Å². The van der Waals surface area contributed by atoms with Gasteiger partial charge in [0.1, 0.15) is 59.0 Å². The molecular weight excluding hydrogens is 1630 g/mol. The van der Waals surface area contributed by atoms with E-state index in [2.05, 4.69) is 50.4 Å². The van der Waals surface area contributed by atoms with E-state index in [0.29, 0.717) is 45.1 Å².